The smallest absolute Gasteiger partial charge is 0.251 e. The highest BCUT2D eigenvalue weighted by Gasteiger charge is 2.25. The number of anilines is 1. The third-order valence-corrected chi connectivity index (χ3v) is 6.58. The monoisotopic (exact) mass is 525 g/mol. The molecule has 11 heteroatoms. The van der Waals surface area contributed by atoms with Crippen LogP contribution < -0.4 is 10.6 Å². The molecule has 33 heavy (non-hydrogen) atoms. The first kappa shape index (κ1) is 25.4. The van der Waals surface area contributed by atoms with E-state index in [4.69, 9.17) is 34.8 Å². The standard InChI is InChI=1S/C22H22Cl3N5O2S/c1-12(2)19(27-21(32)13-4-6-14(23)7-5-13)20-28-29-22(30(20)3)33-11-18(31)26-17-10-15(24)8-9-16(17)25/h4-10,12,19H,11H2,1-3H3,(H,26,31)(H,27,32)/t19-/m1/s1. The van der Waals surface area contributed by atoms with Gasteiger partial charge in [0.05, 0.1) is 22.5 Å². The van der Waals surface area contributed by atoms with Crippen molar-refractivity contribution in [1.29, 1.82) is 0 Å². The highest BCUT2D eigenvalue weighted by Crippen LogP contribution is 2.27. The molecule has 0 unspecified atom stereocenters. The first-order valence-electron chi connectivity index (χ1n) is 9.99. The lowest BCUT2D eigenvalue weighted by molar-refractivity contribution is -0.113. The van der Waals surface area contributed by atoms with Crippen molar-refractivity contribution in [3.63, 3.8) is 0 Å². The lowest BCUT2D eigenvalue weighted by atomic mass is 10.0. The van der Waals surface area contributed by atoms with Crippen molar-refractivity contribution in [3.8, 4) is 0 Å². The van der Waals surface area contributed by atoms with Crippen molar-refractivity contribution < 1.29 is 9.59 Å². The van der Waals surface area contributed by atoms with E-state index < -0.39 is 0 Å². The average molecular weight is 527 g/mol. The molecular formula is C22H22Cl3N5O2S. The van der Waals surface area contributed by atoms with Crippen molar-refractivity contribution in [3.05, 3.63) is 68.9 Å². The van der Waals surface area contributed by atoms with E-state index in [1.165, 1.54) is 11.8 Å². The second-order valence-corrected chi connectivity index (χ2v) is 9.79. The number of halogens is 3. The largest absolute Gasteiger partial charge is 0.342 e. The number of hydrogen-bond acceptors (Lipinski definition) is 5. The Balaban J connectivity index is 1.67. The molecule has 0 fully saturated rings. The third-order valence-electron chi connectivity index (χ3n) is 4.74. The van der Waals surface area contributed by atoms with Crippen LogP contribution in [0.4, 0.5) is 5.69 Å². The molecule has 1 atom stereocenters. The summed E-state index contributed by atoms with van der Waals surface area (Å²) < 4.78 is 1.77. The van der Waals surface area contributed by atoms with Gasteiger partial charge in [-0.25, -0.2) is 0 Å². The molecule has 0 radical (unpaired) electrons. The number of carbonyl (C=O) groups excluding carboxylic acids is 2. The molecule has 3 aromatic rings. The SMILES string of the molecule is CC(C)[C@@H](NC(=O)c1ccc(Cl)cc1)c1nnc(SCC(=O)Nc2cc(Cl)ccc2Cl)n1C. The fraction of sp³-hybridized carbons (Fsp3) is 0.273. The van der Waals surface area contributed by atoms with Gasteiger partial charge in [-0.15, -0.1) is 10.2 Å². The Morgan fingerprint density at radius 3 is 2.36 bits per heavy atom. The van der Waals surface area contributed by atoms with Crippen LogP contribution >= 0.6 is 46.6 Å². The van der Waals surface area contributed by atoms with Gasteiger partial charge in [-0.05, 0) is 48.4 Å². The molecule has 7 nitrogen and oxygen atoms in total. The van der Waals surface area contributed by atoms with Crippen LogP contribution in [0.2, 0.25) is 15.1 Å². The number of nitrogens with one attached hydrogen (secondary N) is 2. The Morgan fingerprint density at radius 1 is 1.03 bits per heavy atom. The Morgan fingerprint density at radius 2 is 1.70 bits per heavy atom. The lowest BCUT2D eigenvalue weighted by Gasteiger charge is -2.21. The zero-order chi connectivity index (χ0) is 24.1. The molecule has 174 valence electrons. The molecule has 0 aliphatic heterocycles. The van der Waals surface area contributed by atoms with Crippen LogP contribution in [0.1, 0.15) is 36.1 Å². The molecule has 2 N–H and O–H groups in total. The van der Waals surface area contributed by atoms with Gasteiger partial charge in [0.2, 0.25) is 5.91 Å². The number of carbonyl (C=O) groups is 2. The zero-order valence-corrected chi connectivity index (χ0v) is 21.2. The number of nitrogens with zero attached hydrogens (tertiary/aromatic N) is 3. The normalized spacial score (nSPS) is 12.0. The van der Waals surface area contributed by atoms with Crippen molar-refractivity contribution in [2.45, 2.75) is 25.0 Å². The minimum atomic E-state index is -0.376. The molecule has 0 saturated heterocycles. The van der Waals surface area contributed by atoms with Gasteiger partial charge in [0.1, 0.15) is 0 Å². The first-order valence-corrected chi connectivity index (χ1v) is 12.1. The van der Waals surface area contributed by atoms with Crippen LogP contribution in [0.3, 0.4) is 0 Å². The predicted molar refractivity (Wildman–Crippen MR) is 133 cm³/mol. The molecule has 0 aliphatic rings. The van der Waals surface area contributed by atoms with Crippen LogP contribution in [-0.4, -0.2) is 32.3 Å². The van der Waals surface area contributed by atoms with E-state index in [-0.39, 0.29) is 29.5 Å². The number of aromatic nitrogens is 3. The number of thioether (sulfide) groups is 1. The summed E-state index contributed by atoms with van der Waals surface area (Å²) in [6.45, 7) is 3.97. The summed E-state index contributed by atoms with van der Waals surface area (Å²) >= 11 is 19.2. The second kappa shape index (κ2) is 11.2. The number of benzene rings is 2. The van der Waals surface area contributed by atoms with Gasteiger partial charge < -0.3 is 15.2 Å². The van der Waals surface area contributed by atoms with Gasteiger partial charge in [0.25, 0.3) is 5.91 Å². The molecule has 0 spiro atoms. The molecular weight excluding hydrogens is 505 g/mol. The molecule has 0 saturated carbocycles. The molecule has 1 heterocycles. The third kappa shape index (κ3) is 6.63. The van der Waals surface area contributed by atoms with E-state index in [0.29, 0.717) is 37.3 Å². The quantitative estimate of drug-likeness (QED) is 0.371. The van der Waals surface area contributed by atoms with Gasteiger partial charge in [-0.1, -0.05) is 60.4 Å². The Bertz CT molecular complexity index is 1150. The highest BCUT2D eigenvalue weighted by molar-refractivity contribution is 7.99. The van der Waals surface area contributed by atoms with Crippen LogP contribution in [0.15, 0.2) is 47.6 Å². The number of hydrogen-bond donors (Lipinski definition) is 2. The van der Waals surface area contributed by atoms with Crippen molar-refractivity contribution >= 4 is 64.1 Å². The van der Waals surface area contributed by atoms with Crippen molar-refractivity contribution in [2.24, 2.45) is 13.0 Å². The fourth-order valence-electron chi connectivity index (χ4n) is 2.99. The molecule has 2 aromatic carbocycles. The first-order chi connectivity index (χ1) is 15.7. The molecule has 1 aromatic heterocycles. The van der Waals surface area contributed by atoms with E-state index in [0.717, 1.165) is 0 Å². The summed E-state index contributed by atoms with van der Waals surface area (Å²) in [6, 6.07) is 11.1. The maximum atomic E-state index is 12.7. The Kier molecular flexibility index (Phi) is 8.64. The van der Waals surface area contributed by atoms with Gasteiger partial charge in [0.15, 0.2) is 11.0 Å². The summed E-state index contributed by atoms with van der Waals surface area (Å²) in [5.41, 5.74) is 0.941. The molecule has 0 bridgehead atoms. The molecule has 3 rings (SSSR count). The van der Waals surface area contributed by atoms with Crippen LogP contribution in [-0.2, 0) is 11.8 Å². The number of rotatable bonds is 8. The average Bonchev–Trinajstić information content (AvgIpc) is 3.13. The van der Waals surface area contributed by atoms with Crippen molar-refractivity contribution in [2.75, 3.05) is 11.1 Å². The van der Waals surface area contributed by atoms with Crippen LogP contribution in [0.5, 0.6) is 0 Å². The van der Waals surface area contributed by atoms with Gasteiger partial charge in [-0.3, -0.25) is 9.59 Å². The summed E-state index contributed by atoms with van der Waals surface area (Å²) in [6.07, 6.45) is 0. The lowest BCUT2D eigenvalue weighted by Crippen LogP contribution is -2.33. The maximum Gasteiger partial charge on any atom is 0.251 e. The van der Waals surface area contributed by atoms with E-state index in [9.17, 15) is 9.59 Å². The van der Waals surface area contributed by atoms with Crippen LogP contribution in [0.25, 0.3) is 0 Å². The summed E-state index contributed by atoms with van der Waals surface area (Å²) in [7, 11) is 1.80. The van der Waals surface area contributed by atoms with Gasteiger partial charge >= 0.3 is 0 Å². The summed E-state index contributed by atoms with van der Waals surface area (Å²) in [5, 5.41) is 16.2. The van der Waals surface area contributed by atoms with E-state index in [1.54, 1.807) is 54.1 Å². The second-order valence-electron chi connectivity index (χ2n) is 7.56. The predicted octanol–water partition coefficient (Wildman–Crippen LogP) is 5.63. The number of amides is 2. The fourth-order valence-corrected chi connectivity index (χ4v) is 4.17. The minimum absolute atomic E-state index is 0.0512. The van der Waals surface area contributed by atoms with Gasteiger partial charge in [0, 0.05) is 22.7 Å². The van der Waals surface area contributed by atoms with E-state index in [1.807, 2.05) is 13.8 Å². The highest BCUT2D eigenvalue weighted by atomic mass is 35.5. The zero-order valence-electron chi connectivity index (χ0n) is 18.1. The summed E-state index contributed by atoms with van der Waals surface area (Å²) in [5.74, 6) is 0.243. The topological polar surface area (TPSA) is 88.9 Å². The summed E-state index contributed by atoms with van der Waals surface area (Å²) in [4.78, 5) is 25.1. The van der Waals surface area contributed by atoms with Crippen molar-refractivity contribution in [1.82, 2.24) is 20.1 Å². The Hall–Kier alpha value is -2.26. The molecule has 2 amide bonds. The molecule has 0 aliphatic carbocycles. The van der Waals surface area contributed by atoms with E-state index >= 15 is 0 Å². The maximum absolute atomic E-state index is 12.7. The van der Waals surface area contributed by atoms with E-state index in [2.05, 4.69) is 20.8 Å². The minimum Gasteiger partial charge on any atom is -0.342 e. The van der Waals surface area contributed by atoms with Crippen LogP contribution in [0, 0.1) is 5.92 Å². The Labute approximate surface area is 211 Å². The van der Waals surface area contributed by atoms with Gasteiger partial charge in [-0.2, -0.15) is 0 Å².